The van der Waals surface area contributed by atoms with Gasteiger partial charge in [0.25, 0.3) is 5.91 Å². The average Bonchev–Trinajstić information content (AvgIpc) is 3.31. The van der Waals surface area contributed by atoms with Gasteiger partial charge >= 0.3 is 5.97 Å². The number of oxime groups is 1. The first-order chi connectivity index (χ1) is 16.9. The Morgan fingerprint density at radius 2 is 2.34 bits per heavy atom. The lowest BCUT2D eigenvalue weighted by Crippen LogP contribution is -2.74. The van der Waals surface area contributed by atoms with Gasteiger partial charge in [0.1, 0.15) is 29.1 Å². The van der Waals surface area contributed by atoms with Crippen molar-refractivity contribution in [3.05, 3.63) is 35.2 Å². The minimum atomic E-state index is -1.18. The number of anilines is 1. The van der Waals surface area contributed by atoms with Crippen molar-refractivity contribution in [2.24, 2.45) is 10.6 Å². The first-order valence-electron chi connectivity index (χ1n) is 9.96. The second kappa shape index (κ2) is 11.9. The van der Waals surface area contributed by atoms with E-state index >= 15 is 0 Å². The molecule has 15 heteroatoms. The molecule has 1 aromatic rings. The molecule has 0 aromatic carbocycles. The van der Waals surface area contributed by atoms with Crippen molar-refractivity contribution in [2.75, 3.05) is 30.0 Å². The van der Waals surface area contributed by atoms with Crippen LogP contribution in [0.4, 0.5) is 5.13 Å². The summed E-state index contributed by atoms with van der Waals surface area (Å²) in [5, 5.41) is 30.1. The predicted molar refractivity (Wildman–Crippen MR) is 132 cm³/mol. The van der Waals surface area contributed by atoms with Crippen molar-refractivity contribution in [3.8, 4) is 6.07 Å². The van der Waals surface area contributed by atoms with E-state index in [0.717, 1.165) is 11.3 Å². The van der Waals surface area contributed by atoms with E-state index < -0.39 is 34.6 Å². The zero-order valence-corrected chi connectivity index (χ0v) is 20.5. The summed E-state index contributed by atoms with van der Waals surface area (Å²) in [4.78, 5) is 59.1. The molecule has 0 spiro atoms. The van der Waals surface area contributed by atoms with Crippen molar-refractivity contribution in [1.29, 1.82) is 5.26 Å². The molecule has 35 heavy (non-hydrogen) atoms. The van der Waals surface area contributed by atoms with Crippen molar-refractivity contribution in [3.63, 3.8) is 0 Å². The smallest absolute Gasteiger partial charge is 0.313 e. The molecule has 3 N–H and O–H groups in total. The van der Waals surface area contributed by atoms with Gasteiger partial charge in [-0.1, -0.05) is 17.8 Å². The van der Waals surface area contributed by atoms with Gasteiger partial charge in [0, 0.05) is 29.5 Å². The topological polar surface area (TPSA) is 174 Å². The molecule has 3 heterocycles. The number of carbonyl (C=O) groups is 4. The Labute approximate surface area is 212 Å². The molecule has 1 aromatic heterocycles. The minimum Gasteiger partial charge on any atom is -0.481 e. The molecule has 0 bridgehead atoms. The number of fused-ring (bicyclic) bond motifs is 1. The lowest BCUT2D eigenvalue weighted by atomic mass is 9.89. The SMILES string of the molecule is C=CCON=C(C(=O)NC1C(=O)N2CC(CSC=CC#N)(C(=O)O)CS[C@H]12)c1csc(NC=O)n1. The van der Waals surface area contributed by atoms with E-state index in [2.05, 4.69) is 27.4 Å². The molecule has 3 atom stereocenters. The summed E-state index contributed by atoms with van der Waals surface area (Å²) in [6, 6.07) is 0.971. The summed E-state index contributed by atoms with van der Waals surface area (Å²) in [6.45, 7) is 3.54. The maximum absolute atomic E-state index is 13.0. The first-order valence-corrected chi connectivity index (χ1v) is 12.9. The van der Waals surface area contributed by atoms with Crippen LogP contribution in [0.3, 0.4) is 0 Å². The van der Waals surface area contributed by atoms with Crippen LogP contribution in [0.15, 0.2) is 34.7 Å². The van der Waals surface area contributed by atoms with E-state index in [9.17, 15) is 24.3 Å². The van der Waals surface area contributed by atoms with Gasteiger partial charge in [-0.3, -0.25) is 19.2 Å². The number of nitriles is 1. The Kier molecular flexibility index (Phi) is 8.90. The number of allylic oxidation sites excluding steroid dienone is 1. The zero-order valence-electron chi connectivity index (χ0n) is 18.1. The molecule has 12 nitrogen and oxygen atoms in total. The summed E-state index contributed by atoms with van der Waals surface area (Å²) >= 11 is 3.54. The number of carbonyl (C=O) groups excluding carboxylic acids is 3. The summed E-state index contributed by atoms with van der Waals surface area (Å²) in [6.07, 6.45) is 3.15. The van der Waals surface area contributed by atoms with Crippen LogP contribution in [0.1, 0.15) is 5.69 Å². The number of nitrogens with zero attached hydrogens (tertiary/aromatic N) is 4. The number of thiazole rings is 1. The molecule has 2 aliphatic heterocycles. The molecule has 2 fully saturated rings. The fraction of sp³-hybridized carbons (Fsp3) is 0.350. The Bertz CT molecular complexity index is 1120. The Morgan fingerprint density at radius 3 is 3.03 bits per heavy atom. The number of β-lactam (4-membered cyclic amide) rings is 1. The highest BCUT2D eigenvalue weighted by atomic mass is 32.2. The number of aliphatic carboxylic acids is 1. The van der Waals surface area contributed by atoms with Crippen LogP contribution in [0.25, 0.3) is 0 Å². The quantitative estimate of drug-likeness (QED) is 0.0661. The maximum Gasteiger partial charge on any atom is 0.313 e. The monoisotopic (exact) mass is 536 g/mol. The van der Waals surface area contributed by atoms with Crippen LogP contribution >= 0.6 is 34.9 Å². The molecule has 184 valence electrons. The number of thioether (sulfide) groups is 2. The summed E-state index contributed by atoms with van der Waals surface area (Å²) < 4.78 is 0. The van der Waals surface area contributed by atoms with Gasteiger partial charge < -0.3 is 25.5 Å². The fourth-order valence-corrected chi connectivity index (χ4v) is 6.48. The number of hydrogen-bond acceptors (Lipinski definition) is 11. The summed E-state index contributed by atoms with van der Waals surface area (Å²) in [7, 11) is 0. The molecule has 2 aliphatic rings. The van der Waals surface area contributed by atoms with Crippen molar-refractivity contribution < 1.29 is 29.1 Å². The van der Waals surface area contributed by atoms with Gasteiger partial charge in [-0.15, -0.1) is 34.9 Å². The third kappa shape index (κ3) is 5.84. The van der Waals surface area contributed by atoms with E-state index in [-0.39, 0.29) is 41.2 Å². The number of rotatable bonds is 12. The predicted octanol–water partition coefficient (Wildman–Crippen LogP) is 0.859. The molecule has 0 radical (unpaired) electrons. The number of carboxylic acids is 1. The number of hydrogen-bond donors (Lipinski definition) is 3. The van der Waals surface area contributed by atoms with Crippen LogP contribution in [0.2, 0.25) is 0 Å². The van der Waals surface area contributed by atoms with E-state index in [0.29, 0.717) is 6.41 Å². The number of carboxylic acid groups (broad SMARTS) is 1. The maximum atomic E-state index is 13.0. The number of amides is 3. The minimum absolute atomic E-state index is 0.00516. The van der Waals surface area contributed by atoms with Gasteiger partial charge in [0.2, 0.25) is 12.3 Å². The van der Waals surface area contributed by atoms with E-state index in [4.69, 9.17) is 10.1 Å². The third-order valence-corrected chi connectivity index (χ3v) is 8.38. The second-order valence-electron chi connectivity index (χ2n) is 7.27. The van der Waals surface area contributed by atoms with Gasteiger partial charge in [0.05, 0.1) is 6.07 Å². The molecule has 2 saturated heterocycles. The normalized spacial score (nSPS) is 23.6. The van der Waals surface area contributed by atoms with E-state index in [1.165, 1.54) is 51.4 Å². The zero-order chi connectivity index (χ0) is 25.4. The summed E-state index contributed by atoms with van der Waals surface area (Å²) in [5.41, 5.74) is -1.22. The van der Waals surface area contributed by atoms with Gasteiger partial charge in [-0.25, -0.2) is 4.98 Å². The van der Waals surface area contributed by atoms with Crippen LogP contribution < -0.4 is 10.6 Å². The van der Waals surface area contributed by atoms with Gasteiger partial charge in [0.15, 0.2) is 10.8 Å². The van der Waals surface area contributed by atoms with E-state index in [1.54, 1.807) is 0 Å². The van der Waals surface area contributed by atoms with E-state index in [1.807, 2.05) is 6.07 Å². The highest BCUT2D eigenvalue weighted by Gasteiger charge is 2.57. The van der Waals surface area contributed by atoms with Gasteiger partial charge in [-0.2, -0.15) is 5.26 Å². The standard InChI is InChI=1S/C20H20N6O6S3/c1-2-5-32-25-13(12-7-34-19(23-12)22-11-27)15(28)24-14-16(29)26-8-20(18(30)31,10-35-17(14)26)9-33-6-3-4-21/h2-3,6-7,11,14,17H,1,5,8-10H2,(H,24,28)(H,30,31)(H,22,23,27)/t14?,17-,20?/m1/s1. The third-order valence-electron chi connectivity index (χ3n) is 4.98. The average molecular weight is 537 g/mol. The molecular weight excluding hydrogens is 516 g/mol. The number of nitrogens with one attached hydrogen (secondary N) is 2. The van der Waals surface area contributed by atoms with Crippen LogP contribution in [0.5, 0.6) is 0 Å². The second-order valence-corrected chi connectivity index (χ2v) is 10.1. The summed E-state index contributed by atoms with van der Waals surface area (Å²) in [5.74, 6) is -1.72. The molecule has 0 aliphatic carbocycles. The molecule has 2 unspecified atom stereocenters. The Balaban J connectivity index is 1.70. The lowest BCUT2D eigenvalue weighted by molar-refractivity contribution is -0.157. The Morgan fingerprint density at radius 1 is 1.54 bits per heavy atom. The van der Waals surface area contributed by atoms with Crippen LogP contribution in [0, 0.1) is 16.7 Å². The lowest BCUT2D eigenvalue weighted by Gasteiger charge is -2.53. The van der Waals surface area contributed by atoms with Gasteiger partial charge in [-0.05, 0) is 5.41 Å². The van der Waals surface area contributed by atoms with Crippen LogP contribution in [-0.2, 0) is 24.0 Å². The van der Waals surface area contributed by atoms with Crippen molar-refractivity contribution in [1.82, 2.24) is 15.2 Å². The highest BCUT2D eigenvalue weighted by molar-refractivity contribution is 8.02. The molecular formula is C20H20N6O6S3. The largest absolute Gasteiger partial charge is 0.481 e. The van der Waals surface area contributed by atoms with Crippen LogP contribution in [-0.4, -0.2) is 81.0 Å². The molecule has 3 amide bonds. The first kappa shape index (κ1) is 26.3. The van der Waals surface area contributed by atoms with Crippen molar-refractivity contribution >= 4 is 69.9 Å². The Hall–Kier alpha value is -3.35. The molecule has 3 rings (SSSR count). The highest BCUT2D eigenvalue weighted by Crippen LogP contribution is 2.43. The molecule has 0 saturated carbocycles. The fourth-order valence-electron chi connectivity index (χ4n) is 3.26. The number of aromatic nitrogens is 1. The van der Waals surface area contributed by atoms with Crippen molar-refractivity contribution in [2.45, 2.75) is 11.4 Å².